The van der Waals surface area contributed by atoms with Crippen molar-refractivity contribution in [1.29, 1.82) is 0 Å². The number of piperidine rings is 1. The van der Waals surface area contributed by atoms with Crippen LogP contribution in [0.5, 0.6) is 0 Å². The normalized spacial score (nSPS) is 25.1. The second-order valence-corrected chi connectivity index (χ2v) is 8.57. The van der Waals surface area contributed by atoms with Crippen molar-refractivity contribution in [1.82, 2.24) is 9.88 Å². The number of likely N-dealkylation sites (tertiary alicyclic amines) is 1. The number of carbonyl (C=O) groups is 1. The summed E-state index contributed by atoms with van der Waals surface area (Å²) in [5.74, 6) is 0.0122. The monoisotopic (exact) mass is 414 g/mol. The molecule has 1 aliphatic heterocycles. The van der Waals surface area contributed by atoms with E-state index in [1.807, 2.05) is 4.90 Å². The van der Waals surface area contributed by atoms with Gasteiger partial charge in [-0.3, -0.25) is 9.78 Å². The molecule has 2 aliphatic rings. The minimum Gasteiger partial charge on any atom is -0.385 e. The summed E-state index contributed by atoms with van der Waals surface area (Å²) in [6, 6.07) is 6.09. The number of unbranched alkanes of at least 4 members (excludes halogenated alkanes) is 1. The van der Waals surface area contributed by atoms with Gasteiger partial charge in [-0.05, 0) is 67.3 Å². The lowest BCUT2D eigenvalue weighted by Crippen LogP contribution is -2.30. The van der Waals surface area contributed by atoms with Gasteiger partial charge in [0.15, 0.2) is 0 Å². The highest BCUT2D eigenvalue weighted by Crippen LogP contribution is 2.66. The number of hydrogen-bond donors (Lipinski definition) is 0. The summed E-state index contributed by atoms with van der Waals surface area (Å²) >= 11 is 0. The second-order valence-electron chi connectivity index (χ2n) is 8.57. The fourth-order valence-corrected chi connectivity index (χ4v) is 5.47. The number of pyridine rings is 1. The number of fused-ring (bicyclic) bond motifs is 1. The van der Waals surface area contributed by atoms with E-state index in [1.54, 1.807) is 26.2 Å². The maximum Gasteiger partial charge on any atom is 0.209 e. The summed E-state index contributed by atoms with van der Waals surface area (Å²) in [5, 5.41) is 0. The van der Waals surface area contributed by atoms with Crippen molar-refractivity contribution in [3.05, 3.63) is 53.4 Å². The molecular formula is C24H28F2N2O2. The number of nitrogens with zero attached hydrogens (tertiary/aromatic N) is 2. The lowest BCUT2D eigenvalue weighted by Gasteiger charge is -2.22. The van der Waals surface area contributed by atoms with Gasteiger partial charge in [-0.2, -0.15) is 0 Å². The molecule has 4 nitrogen and oxygen atoms in total. The molecule has 3 atom stereocenters. The van der Waals surface area contributed by atoms with Crippen LogP contribution in [0.2, 0.25) is 0 Å². The average molecular weight is 414 g/mol. The highest BCUT2D eigenvalue weighted by atomic mass is 19.1. The maximum absolute atomic E-state index is 15.2. The number of benzene rings is 1. The Kier molecular flexibility index (Phi) is 5.87. The zero-order valence-electron chi connectivity index (χ0n) is 17.5. The first-order chi connectivity index (χ1) is 14.5. The standard InChI is InChI=1S/C24H28F2N2O2/c1-16-13-17(5-6-20(16)25)22-21(26)7-10-27-23(22)24(9-3-4-12-30-2)18-8-11-28(15-29)14-19(18)24/h5-7,10,13,15,18-19H,3-4,8-9,11-12,14H2,1-2H3. The van der Waals surface area contributed by atoms with E-state index < -0.39 is 0 Å². The van der Waals surface area contributed by atoms with Gasteiger partial charge in [0, 0.05) is 44.0 Å². The van der Waals surface area contributed by atoms with Crippen LogP contribution in [-0.4, -0.2) is 43.1 Å². The molecule has 0 radical (unpaired) electrons. The first kappa shape index (κ1) is 20.9. The van der Waals surface area contributed by atoms with Crippen molar-refractivity contribution in [2.24, 2.45) is 11.8 Å². The molecule has 0 spiro atoms. The van der Waals surface area contributed by atoms with Crippen molar-refractivity contribution >= 4 is 6.41 Å². The van der Waals surface area contributed by atoms with Crippen LogP contribution in [0.25, 0.3) is 11.1 Å². The van der Waals surface area contributed by atoms with Crippen LogP contribution in [0.3, 0.4) is 0 Å². The number of aromatic nitrogens is 1. The van der Waals surface area contributed by atoms with Gasteiger partial charge in [0.2, 0.25) is 6.41 Å². The zero-order valence-corrected chi connectivity index (χ0v) is 17.5. The van der Waals surface area contributed by atoms with E-state index in [-0.39, 0.29) is 23.0 Å². The minimum absolute atomic E-state index is 0.259. The molecule has 1 aromatic heterocycles. The molecular weight excluding hydrogens is 386 g/mol. The highest BCUT2D eigenvalue weighted by molar-refractivity contribution is 5.70. The lowest BCUT2D eigenvalue weighted by molar-refractivity contribution is -0.119. The summed E-state index contributed by atoms with van der Waals surface area (Å²) in [4.78, 5) is 17.9. The van der Waals surface area contributed by atoms with E-state index in [2.05, 4.69) is 0 Å². The van der Waals surface area contributed by atoms with Gasteiger partial charge in [-0.25, -0.2) is 8.78 Å². The molecule has 2 fully saturated rings. The molecule has 1 aromatic carbocycles. The minimum atomic E-state index is -0.335. The molecule has 0 bridgehead atoms. The van der Waals surface area contributed by atoms with Crippen LogP contribution < -0.4 is 0 Å². The van der Waals surface area contributed by atoms with Gasteiger partial charge >= 0.3 is 0 Å². The molecule has 4 rings (SSSR count). The fraction of sp³-hybridized carbons (Fsp3) is 0.500. The number of hydrogen-bond acceptors (Lipinski definition) is 3. The number of amides is 1. The number of methoxy groups -OCH3 is 1. The topological polar surface area (TPSA) is 42.4 Å². The van der Waals surface area contributed by atoms with Crippen molar-refractivity contribution < 1.29 is 18.3 Å². The van der Waals surface area contributed by atoms with Gasteiger partial charge in [-0.15, -0.1) is 0 Å². The van der Waals surface area contributed by atoms with Crippen LogP contribution in [0.4, 0.5) is 8.78 Å². The third-order valence-corrected chi connectivity index (χ3v) is 6.98. The predicted octanol–water partition coefficient (Wildman–Crippen LogP) is 4.50. The molecule has 0 N–H and O–H groups in total. The Hall–Kier alpha value is -2.34. The van der Waals surface area contributed by atoms with Gasteiger partial charge in [0.05, 0.1) is 5.69 Å². The van der Waals surface area contributed by atoms with E-state index in [4.69, 9.17) is 9.72 Å². The number of aryl methyl sites for hydroxylation is 1. The summed E-state index contributed by atoms with van der Waals surface area (Å²) in [6.07, 6.45) is 6.09. The van der Waals surface area contributed by atoms with E-state index in [0.717, 1.165) is 44.3 Å². The third kappa shape index (κ3) is 3.51. The Labute approximate surface area is 176 Å². The van der Waals surface area contributed by atoms with Crippen LogP contribution in [0.15, 0.2) is 30.5 Å². The van der Waals surface area contributed by atoms with E-state index in [9.17, 15) is 9.18 Å². The fourth-order valence-electron chi connectivity index (χ4n) is 5.47. The highest BCUT2D eigenvalue weighted by Gasteiger charge is 2.67. The molecule has 1 saturated carbocycles. The zero-order chi connectivity index (χ0) is 21.3. The summed E-state index contributed by atoms with van der Waals surface area (Å²) in [6.45, 7) is 3.78. The summed E-state index contributed by atoms with van der Waals surface area (Å²) < 4.78 is 34.2. The number of halogens is 2. The van der Waals surface area contributed by atoms with Crippen LogP contribution in [0, 0.1) is 30.4 Å². The van der Waals surface area contributed by atoms with Crippen LogP contribution >= 0.6 is 0 Å². The van der Waals surface area contributed by atoms with Crippen molar-refractivity contribution in [2.45, 2.75) is 38.0 Å². The van der Waals surface area contributed by atoms with E-state index >= 15 is 4.39 Å². The Balaban J connectivity index is 1.77. The van der Waals surface area contributed by atoms with Crippen molar-refractivity contribution in [3.8, 4) is 11.1 Å². The molecule has 2 aromatic rings. The number of ether oxygens (including phenoxy) is 1. The van der Waals surface area contributed by atoms with Gasteiger partial charge in [-0.1, -0.05) is 12.5 Å². The molecule has 2 heterocycles. The van der Waals surface area contributed by atoms with Crippen LogP contribution in [-0.2, 0) is 14.9 Å². The second kappa shape index (κ2) is 8.42. The molecule has 6 heteroatoms. The van der Waals surface area contributed by atoms with E-state index in [0.29, 0.717) is 35.8 Å². The molecule has 3 unspecified atom stereocenters. The predicted molar refractivity (Wildman–Crippen MR) is 111 cm³/mol. The largest absolute Gasteiger partial charge is 0.385 e. The average Bonchev–Trinajstić information content (AvgIpc) is 3.40. The smallest absolute Gasteiger partial charge is 0.209 e. The Morgan fingerprint density at radius 2 is 2.07 bits per heavy atom. The van der Waals surface area contributed by atoms with Crippen molar-refractivity contribution in [3.63, 3.8) is 0 Å². The number of carbonyl (C=O) groups excluding carboxylic acids is 1. The first-order valence-corrected chi connectivity index (χ1v) is 10.6. The Bertz CT molecular complexity index is 935. The molecule has 1 saturated heterocycles. The Morgan fingerprint density at radius 1 is 1.23 bits per heavy atom. The molecule has 160 valence electrons. The molecule has 30 heavy (non-hydrogen) atoms. The van der Waals surface area contributed by atoms with E-state index in [1.165, 1.54) is 18.3 Å². The quantitative estimate of drug-likeness (QED) is 0.472. The molecule has 1 aliphatic carbocycles. The van der Waals surface area contributed by atoms with Gasteiger partial charge in [0.1, 0.15) is 11.6 Å². The SMILES string of the molecule is COCCCCC1(c2nccc(F)c2-c2ccc(F)c(C)c2)C2CCN(C=O)CC21. The van der Waals surface area contributed by atoms with Crippen LogP contribution in [0.1, 0.15) is 36.9 Å². The van der Waals surface area contributed by atoms with Crippen molar-refractivity contribution in [2.75, 3.05) is 26.8 Å². The molecule has 1 amide bonds. The third-order valence-electron chi connectivity index (χ3n) is 6.98. The maximum atomic E-state index is 15.2. The lowest BCUT2D eigenvalue weighted by atomic mass is 9.84. The summed E-state index contributed by atoms with van der Waals surface area (Å²) in [5.41, 5.74) is 2.11. The Morgan fingerprint density at radius 3 is 2.80 bits per heavy atom. The number of rotatable bonds is 8. The van der Waals surface area contributed by atoms with Gasteiger partial charge in [0.25, 0.3) is 0 Å². The summed E-state index contributed by atoms with van der Waals surface area (Å²) in [7, 11) is 1.69. The van der Waals surface area contributed by atoms with Gasteiger partial charge < -0.3 is 9.64 Å². The first-order valence-electron chi connectivity index (χ1n) is 10.6.